The highest BCUT2D eigenvalue weighted by atomic mass is 16.3. The van der Waals surface area contributed by atoms with Crippen molar-refractivity contribution in [1.29, 1.82) is 0 Å². The second kappa shape index (κ2) is 5.84. The lowest BCUT2D eigenvalue weighted by Gasteiger charge is -2.13. The SMILES string of the molecule is CCc1cc(-c2ccccc2)c(O)c(-c2ccccc2)c1. The van der Waals surface area contributed by atoms with Gasteiger partial charge in [-0.25, -0.2) is 0 Å². The number of hydrogen-bond donors (Lipinski definition) is 1. The molecule has 1 nitrogen and oxygen atoms in total. The Labute approximate surface area is 125 Å². The van der Waals surface area contributed by atoms with E-state index in [0.717, 1.165) is 28.7 Å². The maximum atomic E-state index is 10.7. The maximum Gasteiger partial charge on any atom is 0.131 e. The van der Waals surface area contributed by atoms with Gasteiger partial charge >= 0.3 is 0 Å². The summed E-state index contributed by atoms with van der Waals surface area (Å²) in [5.74, 6) is 0.351. The standard InChI is InChI=1S/C20H18O/c1-2-15-13-18(16-9-5-3-6-10-16)20(21)19(14-15)17-11-7-4-8-12-17/h3-14,21H,2H2,1H3. The Kier molecular flexibility index (Phi) is 3.74. The molecule has 0 aliphatic carbocycles. The fourth-order valence-corrected chi connectivity index (χ4v) is 2.57. The predicted octanol–water partition coefficient (Wildman–Crippen LogP) is 5.29. The highest BCUT2D eigenvalue weighted by Crippen LogP contribution is 2.39. The Hall–Kier alpha value is -2.54. The van der Waals surface area contributed by atoms with Crippen LogP contribution in [0.15, 0.2) is 72.8 Å². The third-order valence-corrected chi connectivity index (χ3v) is 3.75. The molecule has 0 aliphatic heterocycles. The lowest BCUT2D eigenvalue weighted by Crippen LogP contribution is -1.89. The summed E-state index contributed by atoms with van der Waals surface area (Å²) in [5, 5.41) is 10.7. The van der Waals surface area contributed by atoms with Gasteiger partial charge in [0, 0.05) is 11.1 Å². The fourth-order valence-electron chi connectivity index (χ4n) is 2.57. The molecule has 3 aromatic rings. The first kappa shape index (κ1) is 13.4. The quantitative estimate of drug-likeness (QED) is 0.688. The minimum atomic E-state index is 0.351. The van der Waals surface area contributed by atoms with Crippen LogP contribution in [0.2, 0.25) is 0 Å². The van der Waals surface area contributed by atoms with E-state index in [1.807, 2.05) is 60.7 Å². The number of aromatic hydroxyl groups is 1. The molecule has 0 aliphatic rings. The summed E-state index contributed by atoms with van der Waals surface area (Å²) in [6.45, 7) is 2.13. The molecule has 0 unspecified atom stereocenters. The molecular formula is C20H18O. The molecule has 21 heavy (non-hydrogen) atoms. The maximum absolute atomic E-state index is 10.7. The van der Waals surface area contributed by atoms with E-state index in [2.05, 4.69) is 19.1 Å². The Morgan fingerprint density at radius 3 is 1.52 bits per heavy atom. The van der Waals surface area contributed by atoms with Gasteiger partial charge in [0.2, 0.25) is 0 Å². The van der Waals surface area contributed by atoms with Crippen LogP contribution in [0.25, 0.3) is 22.3 Å². The molecule has 0 bridgehead atoms. The first-order chi connectivity index (χ1) is 10.3. The average molecular weight is 274 g/mol. The first-order valence-electron chi connectivity index (χ1n) is 7.26. The largest absolute Gasteiger partial charge is 0.507 e. The van der Waals surface area contributed by atoms with Crippen LogP contribution in [0.4, 0.5) is 0 Å². The molecule has 3 rings (SSSR count). The van der Waals surface area contributed by atoms with Crippen molar-refractivity contribution in [2.24, 2.45) is 0 Å². The number of hydrogen-bond acceptors (Lipinski definition) is 1. The predicted molar refractivity (Wildman–Crippen MR) is 88.4 cm³/mol. The van der Waals surface area contributed by atoms with Gasteiger partial charge in [0.25, 0.3) is 0 Å². The van der Waals surface area contributed by atoms with Crippen LogP contribution in [-0.2, 0) is 6.42 Å². The highest BCUT2D eigenvalue weighted by Gasteiger charge is 2.12. The monoisotopic (exact) mass is 274 g/mol. The number of rotatable bonds is 3. The van der Waals surface area contributed by atoms with Crippen LogP contribution < -0.4 is 0 Å². The Morgan fingerprint density at radius 1 is 0.714 bits per heavy atom. The third kappa shape index (κ3) is 2.68. The van der Waals surface area contributed by atoms with E-state index in [1.54, 1.807) is 0 Å². The third-order valence-electron chi connectivity index (χ3n) is 3.75. The molecule has 1 N–H and O–H groups in total. The summed E-state index contributed by atoms with van der Waals surface area (Å²) >= 11 is 0. The second-order valence-corrected chi connectivity index (χ2v) is 5.13. The van der Waals surface area contributed by atoms with E-state index < -0.39 is 0 Å². The number of aryl methyl sites for hydroxylation is 1. The van der Waals surface area contributed by atoms with Crippen molar-refractivity contribution in [3.8, 4) is 28.0 Å². The van der Waals surface area contributed by atoms with Gasteiger partial charge in [0.1, 0.15) is 5.75 Å². The van der Waals surface area contributed by atoms with Crippen molar-refractivity contribution in [2.45, 2.75) is 13.3 Å². The molecule has 0 atom stereocenters. The molecule has 0 spiro atoms. The van der Waals surface area contributed by atoms with E-state index in [4.69, 9.17) is 0 Å². The molecule has 0 saturated heterocycles. The van der Waals surface area contributed by atoms with Gasteiger partial charge in [-0.05, 0) is 35.2 Å². The average Bonchev–Trinajstić information content (AvgIpc) is 2.57. The Balaban J connectivity index is 2.23. The van der Waals surface area contributed by atoms with E-state index >= 15 is 0 Å². The molecule has 0 radical (unpaired) electrons. The van der Waals surface area contributed by atoms with Crippen molar-refractivity contribution in [2.75, 3.05) is 0 Å². The van der Waals surface area contributed by atoms with Crippen molar-refractivity contribution in [3.05, 3.63) is 78.4 Å². The second-order valence-electron chi connectivity index (χ2n) is 5.13. The smallest absolute Gasteiger partial charge is 0.131 e. The van der Waals surface area contributed by atoms with Gasteiger partial charge in [-0.1, -0.05) is 67.6 Å². The zero-order valence-electron chi connectivity index (χ0n) is 12.1. The highest BCUT2D eigenvalue weighted by molar-refractivity contribution is 5.82. The van der Waals surface area contributed by atoms with Gasteiger partial charge in [-0.15, -0.1) is 0 Å². The van der Waals surface area contributed by atoms with Crippen LogP contribution in [0.1, 0.15) is 12.5 Å². The van der Waals surface area contributed by atoms with Crippen molar-refractivity contribution < 1.29 is 5.11 Å². The van der Waals surface area contributed by atoms with Crippen LogP contribution >= 0.6 is 0 Å². The minimum absolute atomic E-state index is 0.351. The van der Waals surface area contributed by atoms with Gasteiger partial charge in [0.15, 0.2) is 0 Å². The lowest BCUT2D eigenvalue weighted by molar-refractivity contribution is 0.479. The Bertz CT molecular complexity index is 670. The molecule has 3 aromatic carbocycles. The summed E-state index contributed by atoms with van der Waals surface area (Å²) in [6, 6.07) is 24.2. The summed E-state index contributed by atoms with van der Waals surface area (Å²) in [4.78, 5) is 0. The van der Waals surface area contributed by atoms with Crippen LogP contribution in [0, 0.1) is 0 Å². The van der Waals surface area contributed by atoms with Crippen molar-refractivity contribution in [1.82, 2.24) is 0 Å². The van der Waals surface area contributed by atoms with Gasteiger partial charge in [-0.3, -0.25) is 0 Å². The molecule has 0 saturated carbocycles. The molecule has 0 amide bonds. The first-order valence-corrected chi connectivity index (χ1v) is 7.26. The summed E-state index contributed by atoms with van der Waals surface area (Å²) in [5.41, 5.74) is 5.11. The number of phenolic OH excluding ortho intramolecular Hbond substituents is 1. The van der Waals surface area contributed by atoms with Gasteiger partial charge < -0.3 is 5.11 Å². The molecule has 0 heterocycles. The summed E-state index contributed by atoms with van der Waals surface area (Å²) in [7, 11) is 0. The summed E-state index contributed by atoms with van der Waals surface area (Å²) in [6.07, 6.45) is 0.944. The zero-order valence-corrected chi connectivity index (χ0v) is 12.1. The van der Waals surface area contributed by atoms with Crippen molar-refractivity contribution in [3.63, 3.8) is 0 Å². The molecule has 0 fully saturated rings. The molecule has 1 heteroatoms. The molecule has 0 aromatic heterocycles. The van der Waals surface area contributed by atoms with Crippen LogP contribution in [0.3, 0.4) is 0 Å². The normalized spacial score (nSPS) is 10.5. The molecule has 104 valence electrons. The number of phenols is 1. The van der Waals surface area contributed by atoms with E-state index in [9.17, 15) is 5.11 Å². The topological polar surface area (TPSA) is 20.2 Å². The zero-order chi connectivity index (χ0) is 14.7. The Morgan fingerprint density at radius 2 is 1.14 bits per heavy atom. The van der Waals surface area contributed by atoms with Crippen molar-refractivity contribution >= 4 is 0 Å². The lowest BCUT2D eigenvalue weighted by atomic mass is 9.94. The fraction of sp³-hybridized carbons (Fsp3) is 0.100. The minimum Gasteiger partial charge on any atom is -0.507 e. The van der Waals surface area contributed by atoms with E-state index in [-0.39, 0.29) is 0 Å². The summed E-state index contributed by atoms with van der Waals surface area (Å²) < 4.78 is 0. The van der Waals surface area contributed by atoms with E-state index in [1.165, 1.54) is 5.56 Å². The van der Waals surface area contributed by atoms with E-state index in [0.29, 0.717) is 5.75 Å². The van der Waals surface area contributed by atoms with Crippen LogP contribution in [0.5, 0.6) is 5.75 Å². The van der Waals surface area contributed by atoms with Crippen LogP contribution in [-0.4, -0.2) is 5.11 Å². The van der Waals surface area contributed by atoms with Gasteiger partial charge in [0.05, 0.1) is 0 Å². The molecular weight excluding hydrogens is 256 g/mol. The number of benzene rings is 3. The van der Waals surface area contributed by atoms with Gasteiger partial charge in [-0.2, -0.15) is 0 Å².